The number of rotatable bonds is 4. The Morgan fingerprint density at radius 2 is 2.22 bits per heavy atom. The van der Waals surface area contributed by atoms with Crippen molar-refractivity contribution >= 4 is 22.7 Å². The van der Waals surface area contributed by atoms with Crippen LogP contribution in [0.15, 0.2) is 24.4 Å². The largest absolute Gasteiger partial charge is 0.397 e. The molecular weight excluding hydrogens is 256 g/mol. The first-order valence-corrected chi connectivity index (χ1v) is 6.20. The highest BCUT2D eigenvalue weighted by Gasteiger charge is 2.09. The monoisotopic (exact) mass is 269 g/mol. The number of nitrogens with two attached hydrogens (primary N) is 1. The molecular formula is C12H13F2N3S. The van der Waals surface area contributed by atoms with Crippen LogP contribution in [0.1, 0.15) is 21.9 Å². The molecule has 3 nitrogen and oxygen atoms in total. The number of alkyl halides is 2. The van der Waals surface area contributed by atoms with Crippen LogP contribution in [0.3, 0.4) is 0 Å². The molecule has 0 bridgehead atoms. The van der Waals surface area contributed by atoms with Gasteiger partial charge in [0, 0.05) is 16.6 Å². The van der Waals surface area contributed by atoms with E-state index in [1.54, 1.807) is 23.6 Å². The highest BCUT2D eigenvalue weighted by Crippen LogP contribution is 2.26. The first kappa shape index (κ1) is 12.8. The Morgan fingerprint density at radius 3 is 2.78 bits per heavy atom. The lowest BCUT2D eigenvalue weighted by molar-refractivity contribution is 0.151. The number of anilines is 2. The maximum absolute atomic E-state index is 12.4. The molecule has 0 amide bonds. The third-order valence-electron chi connectivity index (χ3n) is 2.43. The Morgan fingerprint density at radius 1 is 1.44 bits per heavy atom. The summed E-state index contributed by atoms with van der Waals surface area (Å²) in [4.78, 5) is 5.33. The highest BCUT2D eigenvalue weighted by molar-refractivity contribution is 7.11. The van der Waals surface area contributed by atoms with Gasteiger partial charge >= 0.3 is 0 Å². The molecule has 0 unspecified atom stereocenters. The van der Waals surface area contributed by atoms with Crippen molar-refractivity contribution in [2.24, 2.45) is 0 Å². The predicted octanol–water partition coefficient (Wildman–Crippen LogP) is 3.58. The second-order valence-electron chi connectivity index (χ2n) is 3.87. The van der Waals surface area contributed by atoms with Crippen LogP contribution in [0.5, 0.6) is 0 Å². The Balaban J connectivity index is 2.05. The number of aryl methyl sites for hydroxylation is 1. The number of aromatic nitrogens is 1. The molecule has 18 heavy (non-hydrogen) atoms. The molecule has 3 N–H and O–H groups in total. The normalized spacial score (nSPS) is 10.9. The van der Waals surface area contributed by atoms with Crippen LogP contribution >= 0.6 is 11.3 Å². The quantitative estimate of drug-likeness (QED) is 0.834. The Bertz CT molecular complexity index is 540. The minimum absolute atomic E-state index is 0.0665. The molecule has 0 atom stereocenters. The smallest absolute Gasteiger partial charge is 0.263 e. The molecule has 96 valence electrons. The van der Waals surface area contributed by atoms with E-state index in [0.717, 1.165) is 9.88 Å². The summed E-state index contributed by atoms with van der Waals surface area (Å²) in [7, 11) is 0. The van der Waals surface area contributed by atoms with Crippen LogP contribution in [-0.2, 0) is 6.54 Å². The van der Waals surface area contributed by atoms with Gasteiger partial charge in [0.05, 0.1) is 17.9 Å². The molecule has 1 aromatic heterocycles. The van der Waals surface area contributed by atoms with E-state index < -0.39 is 6.43 Å². The van der Waals surface area contributed by atoms with Gasteiger partial charge in [-0.3, -0.25) is 0 Å². The van der Waals surface area contributed by atoms with E-state index >= 15 is 0 Å². The fraction of sp³-hybridized carbons (Fsp3) is 0.250. The summed E-state index contributed by atoms with van der Waals surface area (Å²) in [6.07, 6.45) is -0.701. The number of hydrogen-bond donors (Lipinski definition) is 2. The third kappa shape index (κ3) is 2.95. The van der Waals surface area contributed by atoms with Crippen molar-refractivity contribution in [3.8, 4) is 0 Å². The van der Waals surface area contributed by atoms with Gasteiger partial charge in [0.1, 0.15) is 5.01 Å². The predicted molar refractivity (Wildman–Crippen MR) is 70.0 cm³/mol. The molecule has 1 heterocycles. The molecule has 0 aliphatic carbocycles. The van der Waals surface area contributed by atoms with Crippen molar-refractivity contribution in [1.82, 2.24) is 4.98 Å². The van der Waals surface area contributed by atoms with Crippen molar-refractivity contribution < 1.29 is 8.78 Å². The minimum Gasteiger partial charge on any atom is -0.397 e. The molecule has 0 aliphatic heterocycles. The van der Waals surface area contributed by atoms with Gasteiger partial charge < -0.3 is 11.1 Å². The molecule has 0 radical (unpaired) electrons. The summed E-state index contributed by atoms with van der Waals surface area (Å²) in [5.41, 5.74) is 6.62. The molecule has 6 heteroatoms. The zero-order valence-corrected chi connectivity index (χ0v) is 10.6. The lowest BCUT2D eigenvalue weighted by Crippen LogP contribution is -2.02. The van der Waals surface area contributed by atoms with Crippen molar-refractivity contribution in [2.75, 3.05) is 11.1 Å². The average molecular weight is 269 g/mol. The summed E-state index contributed by atoms with van der Waals surface area (Å²) in [5.74, 6) is 0. The van der Waals surface area contributed by atoms with Crippen LogP contribution in [0, 0.1) is 6.92 Å². The second-order valence-corrected chi connectivity index (χ2v) is 5.18. The maximum Gasteiger partial charge on any atom is 0.263 e. The summed E-state index contributed by atoms with van der Waals surface area (Å²) < 4.78 is 24.9. The van der Waals surface area contributed by atoms with E-state index in [4.69, 9.17) is 5.73 Å². The van der Waals surface area contributed by atoms with E-state index in [0.29, 0.717) is 17.9 Å². The Hall–Kier alpha value is -1.69. The number of benzene rings is 1. The standard InChI is InChI=1S/C12H13F2N3S/c1-7-5-17-11(18-7)6-16-10-3-2-8(12(13)14)4-9(10)15/h2-5,12,16H,6,15H2,1H3. The Kier molecular flexibility index (Phi) is 3.76. The molecule has 1 aromatic carbocycles. The second kappa shape index (κ2) is 5.30. The third-order valence-corrected chi connectivity index (χ3v) is 3.34. The van der Waals surface area contributed by atoms with Crippen molar-refractivity contribution in [3.63, 3.8) is 0 Å². The van der Waals surface area contributed by atoms with Crippen molar-refractivity contribution in [1.29, 1.82) is 0 Å². The number of nitrogen functional groups attached to an aromatic ring is 1. The zero-order valence-electron chi connectivity index (χ0n) is 9.78. The van der Waals surface area contributed by atoms with Gasteiger partial charge in [-0.25, -0.2) is 13.8 Å². The van der Waals surface area contributed by atoms with Gasteiger partial charge in [0.2, 0.25) is 0 Å². The minimum atomic E-state index is -2.50. The van der Waals surface area contributed by atoms with Crippen LogP contribution in [-0.4, -0.2) is 4.98 Å². The Labute approximate surface area is 108 Å². The molecule has 0 aliphatic rings. The first-order valence-electron chi connectivity index (χ1n) is 5.39. The van der Waals surface area contributed by atoms with Crippen molar-refractivity contribution in [3.05, 3.63) is 39.8 Å². The van der Waals surface area contributed by atoms with Crippen LogP contribution in [0.4, 0.5) is 20.2 Å². The molecule has 0 fully saturated rings. The average Bonchev–Trinajstić information content (AvgIpc) is 2.73. The molecule has 0 saturated heterocycles. The molecule has 2 aromatic rings. The first-order chi connectivity index (χ1) is 8.56. The van der Waals surface area contributed by atoms with E-state index in [1.165, 1.54) is 12.1 Å². The van der Waals surface area contributed by atoms with Gasteiger partial charge in [-0.2, -0.15) is 0 Å². The lowest BCUT2D eigenvalue weighted by atomic mass is 10.2. The summed E-state index contributed by atoms with van der Waals surface area (Å²) in [5, 5.41) is 4.02. The molecule has 2 rings (SSSR count). The van der Waals surface area contributed by atoms with E-state index in [-0.39, 0.29) is 5.56 Å². The van der Waals surface area contributed by atoms with Gasteiger partial charge in [0.25, 0.3) is 6.43 Å². The highest BCUT2D eigenvalue weighted by atomic mass is 32.1. The van der Waals surface area contributed by atoms with Gasteiger partial charge in [-0.15, -0.1) is 11.3 Å². The van der Waals surface area contributed by atoms with Gasteiger partial charge in [0.15, 0.2) is 0 Å². The lowest BCUT2D eigenvalue weighted by Gasteiger charge is -2.09. The van der Waals surface area contributed by atoms with Crippen LogP contribution in [0.25, 0.3) is 0 Å². The number of halogens is 2. The molecule has 0 spiro atoms. The molecule has 0 saturated carbocycles. The number of thiazole rings is 1. The maximum atomic E-state index is 12.4. The number of hydrogen-bond acceptors (Lipinski definition) is 4. The summed E-state index contributed by atoms with van der Waals surface area (Å²) in [6, 6.07) is 4.23. The van der Waals surface area contributed by atoms with Crippen LogP contribution < -0.4 is 11.1 Å². The van der Waals surface area contributed by atoms with E-state index in [2.05, 4.69) is 10.3 Å². The SMILES string of the molecule is Cc1cnc(CNc2ccc(C(F)F)cc2N)s1. The van der Waals surface area contributed by atoms with E-state index in [1.807, 2.05) is 6.92 Å². The summed E-state index contributed by atoms with van der Waals surface area (Å²) in [6.45, 7) is 2.52. The zero-order chi connectivity index (χ0) is 13.1. The van der Waals surface area contributed by atoms with Gasteiger partial charge in [-0.05, 0) is 19.1 Å². The fourth-order valence-electron chi connectivity index (χ4n) is 1.53. The summed E-state index contributed by atoms with van der Waals surface area (Å²) >= 11 is 1.59. The van der Waals surface area contributed by atoms with Crippen LogP contribution in [0.2, 0.25) is 0 Å². The van der Waals surface area contributed by atoms with E-state index in [9.17, 15) is 8.78 Å². The number of nitrogens with one attached hydrogen (secondary N) is 1. The topological polar surface area (TPSA) is 50.9 Å². The fourth-order valence-corrected chi connectivity index (χ4v) is 2.26. The van der Waals surface area contributed by atoms with Crippen molar-refractivity contribution in [2.45, 2.75) is 19.9 Å². The van der Waals surface area contributed by atoms with Gasteiger partial charge in [-0.1, -0.05) is 6.07 Å². The number of nitrogens with zero attached hydrogens (tertiary/aromatic N) is 1.